The average molecular weight is 411 g/mol. The SMILES string of the molecule is O=C(NCC(CO)Cc1ccc(F)cc1)[C@]12CCC[C@H]1CN(Cc1ccccc1)C2. The van der Waals surface area contributed by atoms with E-state index in [-0.39, 0.29) is 29.7 Å². The number of amides is 1. The van der Waals surface area contributed by atoms with Crippen molar-refractivity contribution in [2.45, 2.75) is 32.2 Å². The zero-order chi connectivity index (χ0) is 21.0. The minimum absolute atomic E-state index is 0.00574. The fourth-order valence-electron chi connectivity index (χ4n) is 5.29. The van der Waals surface area contributed by atoms with E-state index in [0.29, 0.717) is 18.9 Å². The van der Waals surface area contributed by atoms with Crippen molar-refractivity contribution in [2.75, 3.05) is 26.2 Å². The maximum absolute atomic E-state index is 13.3. The Morgan fingerprint density at radius 1 is 1.17 bits per heavy atom. The summed E-state index contributed by atoms with van der Waals surface area (Å²) in [4.78, 5) is 15.7. The van der Waals surface area contributed by atoms with Crippen LogP contribution in [0.4, 0.5) is 4.39 Å². The van der Waals surface area contributed by atoms with Crippen molar-refractivity contribution in [3.05, 3.63) is 71.5 Å². The van der Waals surface area contributed by atoms with Crippen molar-refractivity contribution in [2.24, 2.45) is 17.3 Å². The van der Waals surface area contributed by atoms with E-state index in [4.69, 9.17) is 0 Å². The van der Waals surface area contributed by atoms with E-state index in [9.17, 15) is 14.3 Å². The number of carbonyl (C=O) groups is 1. The molecule has 0 aromatic heterocycles. The molecule has 4 nitrogen and oxygen atoms in total. The first-order valence-electron chi connectivity index (χ1n) is 11.0. The van der Waals surface area contributed by atoms with Crippen LogP contribution in [0.3, 0.4) is 0 Å². The molecule has 1 unspecified atom stereocenters. The van der Waals surface area contributed by atoms with Gasteiger partial charge in [-0.3, -0.25) is 9.69 Å². The third-order valence-corrected chi connectivity index (χ3v) is 6.89. The second-order valence-electron chi connectivity index (χ2n) is 8.99. The lowest BCUT2D eigenvalue weighted by Gasteiger charge is -2.29. The molecule has 2 N–H and O–H groups in total. The van der Waals surface area contributed by atoms with Gasteiger partial charge in [0.1, 0.15) is 5.82 Å². The molecule has 1 aliphatic heterocycles. The molecule has 1 saturated carbocycles. The van der Waals surface area contributed by atoms with Crippen LogP contribution in [0, 0.1) is 23.1 Å². The number of hydrogen-bond donors (Lipinski definition) is 2. The molecule has 1 amide bonds. The number of aliphatic hydroxyl groups is 1. The van der Waals surface area contributed by atoms with E-state index >= 15 is 0 Å². The fraction of sp³-hybridized carbons (Fsp3) is 0.480. The van der Waals surface area contributed by atoms with Crippen LogP contribution in [0.15, 0.2) is 54.6 Å². The first-order chi connectivity index (χ1) is 14.6. The van der Waals surface area contributed by atoms with Gasteiger partial charge < -0.3 is 10.4 Å². The van der Waals surface area contributed by atoms with Crippen LogP contribution in [-0.4, -0.2) is 42.2 Å². The Morgan fingerprint density at radius 3 is 2.67 bits per heavy atom. The molecule has 2 aliphatic rings. The molecule has 4 rings (SSSR count). The number of nitrogens with zero attached hydrogens (tertiary/aromatic N) is 1. The van der Waals surface area contributed by atoms with Gasteiger partial charge in [-0.25, -0.2) is 4.39 Å². The van der Waals surface area contributed by atoms with Crippen molar-refractivity contribution >= 4 is 5.91 Å². The highest BCUT2D eigenvalue weighted by atomic mass is 19.1. The maximum atomic E-state index is 13.3. The first-order valence-corrected chi connectivity index (χ1v) is 11.0. The van der Waals surface area contributed by atoms with Crippen molar-refractivity contribution < 1.29 is 14.3 Å². The second-order valence-corrected chi connectivity index (χ2v) is 8.99. The molecule has 1 saturated heterocycles. The standard InChI is InChI=1S/C25H31FN2O2/c26-23-10-8-19(9-11-23)13-21(17-29)14-27-24(30)25-12-4-7-22(25)16-28(18-25)15-20-5-2-1-3-6-20/h1-3,5-6,8-11,21-22,29H,4,7,12-18H2,(H,27,30)/t21?,22-,25-/m0/s1. The van der Waals surface area contributed by atoms with Gasteiger partial charge in [0.2, 0.25) is 5.91 Å². The summed E-state index contributed by atoms with van der Waals surface area (Å²) in [7, 11) is 0. The number of hydrogen-bond acceptors (Lipinski definition) is 3. The van der Waals surface area contributed by atoms with Crippen LogP contribution in [0.1, 0.15) is 30.4 Å². The van der Waals surface area contributed by atoms with Gasteiger partial charge in [-0.05, 0) is 48.4 Å². The molecular formula is C25H31FN2O2. The molecule has 160 valence electrons. The molecule has 30 heavy (non-hydrogen) atoms. The number of aliphatic hydroxyl groups excluding tert-OH is 1. The van der Waals surface area contributed by atoms with Crippen molar-refractivity contribution in [1.29, 1.82) is 0 Å². The predicted molar refractivity (Wildman–Crippen MR) is 115 cm³/mol. The smallest absolute Gasteiger partial charge is 0.227 e. The van der Waals surface area contributed by atoms with Gasteiger partial charge in [-0.1, -0.05) is 48.9 Å². The van der Waals surface area contributed by atoms with Gasteiger partial charge in [-0.2, -0.15) is 0 Å². The lowest BCUT2D eigenvalue weighted by atomic mass is 9.79. The van der Waals surface area contributed by atoms with E-state index < -0.39 is 0 Å². The summed E-state index contributed by atoms with van der Waals surface area (Å²) >= 11 is 0. The average Bonchev–Trinajstić information content (AvgIpc) is 3.31. The monoisotopic (exact) mass is 410 g/mol. The lowest BCUT2D eigenvalue weighted by molar-refractivity contribution is -0.131. The van der Waals surface area contributed by atoms with Crippen LogP contribution in [0.5, 0.6) is 0 Å². The molecular weight excluding hydrogens is 379 g/mol. The molecule has 2 aromatic rings. The van der Waals surface area contributed by atoms with E-state index in [1.165, 1.54) is 17.7 Å². The van der Waals surface area contributed by atoms with Crippen LogP contribution in [0.25, 0.3) is 0 Å². The Bertz CT molecular complexity index is 842. The van der Waals surface area contributed by atoms with E-state index in [2.05, 4.69) is 34.5 Å². The number of halogens is 1. The summed E-state index contributed by atoms with van der Waals surface area (Å²) in [5.74, 6) is 0.210. The summed E-state index contributed by atoms with van der Waals surface area (Å²) in [6, 6.07) is 16.8. The molecule has 0 bridgehead atoms. The number of nitrogens with one attached hydrogen (secondary N) is 1. The van der Waals surface area contributed by atoms with E-state index in [1.54, 1.807) is 12.1 Å². The van der Waals surface area contributed by atoms with Crippen LogP contribution in [-0.2, 0) is 17.8 Å². The Kier molecular flexibility index (Phi) is 6.49. The Labute approximate surface area is 178 Å². The van der Waals surface area contributed by atoms with E-state index in [1.807, 2.05) is 6.07 Å². The Morgan fingerprint density at radius 2 is 1.93 bits per heavy atom. The third-order valence-electron chi connectivity index (χ3n) is 6.89. The normalized spacial score (nSPS) is 24.5. The molecule has 2 aromatic carbocycles. The third kappa shape index (κ3) is 4.57. The van der Waals surface area contributed by atoms with Gasteiger partial charge in [0.25, 0.3) is 0 Å². The van der Waals surface area contributed by atoms with Gasteiger partial charge in [0.15, 0.2) is 0 Å². The van der Waals surface area contributed by atoms with Crippen molar-refractivity contribution in [1.82, 2.24) is 10.2 Å². The molecule has 0 radical (unpaired) electrons. The van der Waals surface area contributed by atoms with Gasteiger partial charge in [0, 0.05) is 38.7 Å². The highest BCUT2D eigenvalue weighted by molar-refractivity contribution is 5.84. The molecule has 0 spiro atoms. The van der Waals surface area contributed by atoms with Crippen molar-refractivity contribution in [3.63, 3.8) is 0 Å². The van der Waals surface area contributed by atoms with Crippen LogP contribution >= 0.6 is 0 Å². The summed E-state index contributed by atoms with van der Waals surface area (Å²) in [6.07, 6.45) is 3.78. The second kappa shape index (κ2) is 9.27. The zero-order valence-electron chi connectivity index (χ0n) is 17.4. The summed E-state index contributed by atoms with van der Waals surface area (Å²) in [5.41, 5.74) is 1.95. The Balaban J connectivity index is 1.35. The minimum Gasteiger partial charge on any atom is -0.396 e. The number of rotatable bonds is 8. The lowest BCUT2D eigenvalue weighted by Crippen LogP contribution is -2.46. The zero-order valence-corrected chi connectivity index (χ0v) is 17.4. The summed E-state index contributed by atoms with van der Waals surface area (Å²) in [5, 5.41) is 12.9. The molecule has 2 fully saturated rings. The van der Waals surface area contributed by atoms with Crippen LogP contribution in [0.2, 0.25) is 0 Å². The number of carbonyl (C=O) groups excluding carboxylic acids is 1. The topological polar surface area (TPSA) is 52.6 Å². The van der Waals surface area contributed by atoms with E-state index in [0.717, 1.165) is 44.5 Å². The summed E-state index contributed by atoms with van der Waals surface area (Å²) < 4.78 is 13.1. The van der Waals surface area contributed by atoms with Gasteiger partial charge in [-0.15, -0.1) is 0 Å². The molecule has 5 heteroatoms. The Hall–Kier alpha value is -2.24. The number of fused-ring (bicyclic) bond motifs is 1. The quantitative estimate of drug-likeness (QED) is 0.701. The predicted octanol–water partition coefficient (Wildman–Crippen LogP) is 3.40. The molecule has 1 heterocycles. The fourth-order valence-corrected chi connectivity index (χ4v) is 5.29. The van der Waals surface area contributed by atoms with Crippen LogP contribution < -0.4 is 5.32 Å². The van der Waals surface area contributed by atoms with Gasteiger partial charge >= 0.3 is 0 Å². The number of likely N-dealkylation sites (tertiary alicyclic amines) is 1. The highest BCUT2D eigenvalue weighted by Gasteiger charge is 2.54. The maximum Gasteiger partial charge on any atom is 0.227 e. The largest absolute Gasteiger partial charge is 0.396 e. The molecule has 3 atom stereocenters. The summed E-state index contributed by atoms with van der Waals surface area (Å²) in [6.45, 7) is 3.10. The van der Waals surface area contributed by atoms with Crippen molar-refractivity contribution in [3.8, 4) is 0 Å². The number of benzene rings is 2. The minimum atomic E-state index is -0.301. The molecule has 1 aliphatic carbocycles. The highest BCUT2D eigenvalue weighted by Crippen LogP contribution is 2.49. The first kappa shape index (κ1) is 21.0. The van der Waals surface area contributed by atoms with Gasteiger partial charge in [0.05, 0.1) is 5.41 Å².